The summed E-state index contributed by atoms with van der Waals surface area (Å²) in [4.78, 5) is 64.3. The molecule has 3 aliphatic heterocycles. The molecule has 13 nitrogen and oxygen atoms in total. The number of thiophene rings is 1. The molecule has 2 aliphatic carbocycles. The SMILES string of the molecule is CCCOC(=O)[C@H](C)N[P@@](=O)(Oc1ccccc1)[C@@H](F)c1ccc2sc(C(=O)N[C@H]3C[C@@H]4C[C@@H]4C[C@H]4CC[C@@H](C(=O)N5C[C@@H](c6cccnc6)[C@H](C#N)C56CC6)N4C3=O)cc2c1. The first-order valence-corrected chi connectivity index (χ1v) is 24.1. The van der Waals surface area contributed by atoms with Gasteiger partial charge in [0.1, 0.15) is 23.9 Å². The molecule has 3 saturated heterocycles. The largest absolute Gasteiger partial charge is 0.465 e. The van der Waals surface area contributed by atoms with Gasteiger partial charge in [0, 0.05) is 35.6 Å². The molecule has 2 saturated carbocycles. The van der Waals surface area contributed by atoms with Crippen molar-refractivity contribution in [1.29, 1.82) is 5.26 Å². The summed E-state index contributed by atoms with van der Waals surface area (Å²) in [5.74, 6) is -3.37. The zero-order chi connectivity index (χ0) is 43.3. The van der Waals surface area contributed by atoms with E-state index in [2.05, 4.69) is 21.5 Å². The lowest BCUT2D eigenvalue weighted by Gasteiger charge is -2.37. The van der Waals surface area contributed by atoms with E-state index in [1.54, 1.807) is 59.8 Å². The highest BCUT2D eigenvalue weighted by molar-refractivity contribution is 7.57. The van der Waals surface area contributed by atoms with E-state index in [1.165, 1.54) is 30.4 Å². The quantitative estimate of drug-likeness (QED) is 0.100. The highest BCUT2D eigenvalue weighted by Gasteiger charge is 2.65. The zero-order valence-corrected chi connectivity index (χ0v) is 36.4. The molecule has 1 spiro atoms. The zero-order valence-electron chi connectivity index (χ0n) is 34.7. The average molecular weight is 881 g/mol. The Morgan fingerprint density at radius 3 is 2.58 bits per heavy atom. The topological polar surface area (TPSA) is 171 Å². The van der Waals surface area contributed by atoms with Crippen LogP contribution in [-0.4, -0.2) is 81.3 Å². The van der Waals surface area contributed by atoms with Crippen LogP contribution < -0.4 is 14.9 Å². The van der Waals surface area contributed by atoms with Gasteiger partial charge in [0.15, 0.2) is 0 Å². The molecular formula is C46H50FN6O7PS. The average Bonchev–Trinajstić information content (AvgIpc) is 4.06. The van der Waals surface area contributed by atoms with E-state index in [4.69, 9.17) is 9.26 Å². The number of amides is 3. The molecule has 5 fully saturated rings. The predicted octanol–water partition coefficient (Wildman–Crippen LogP) is 7.65. The van der Waals surface area contributed by atoms with Gasteiger partial charge in [0.05, 0.1) is 29.0 Å². The minimum absolute atomic E-state index is 0.0210. The lowest BCUT2D eigenvalue weighted by atomic mass is 9.85. The Kier molecular flexibility index (Phi) is 11.5. The molecular weight excluding hydrogens is 831 g/mol. The van der Waals surface area contributed by atoms with Crippen LogP contribution in [0.15, 0.2) is 79.1 Å². The summed E-state index contributed by atoms with van der Waals surface area (Å²) in [6.45, 7) is 3.83. The molecule has 10 atom stereocenters. The number of benzene rings is 2. The van der Waals surface area contributed by atoms with Crippen molar-refractivity contribution >= 4 is 52.6 Å². The van der Waals surface area contributed by atoms with Crippen LogP contribution in [0.2, 0.25) is 0 Å². The Hall–Kier alpha value is -5.16. The van der Waals surface area contributed by atoms with Gasteiger partial charge in [-0.1, -0.05) is 37.3 Å². The number of carbonyl (C=O) groups excluding carboxylic acids is 4. The number of hydrogen-bond donors (Lipinski definition) is 2. The van der Waals surface area contributed by atoms with E-state index in [1.807, 2.05) is 24.0 Å². The number of ether oxygens (including phenoxy) is 1. The predicted molar refractivity (Wildman–Crippen MR) is 230 cm³/mol. The van der Waals surface area contributed by atoms with Gasteiger partial charge in [-0.15, -0.1) is 11.3 Å². The van der Waals surface area contributed by atoms with Crippen molar-refractivity contribution in [3.05, 3.63) is 95.1 Å². The molecule has 0 radical (unpaired) electrons. The number of likely N-dealkylation sites (tertiary alicyclic amines) is 1. The van der Waals surface area contributed by atoms with Crippen molar-refractivity contribution in [2.75, 3.05) is 13.2 Å². The van der Waals surface area contributed by atoms with Crippen molar-refractivity contribution in [3.8, 4) is 11.8 Å². The molecule has 62 heavy (non-hydrogen) atoms. The van der Waals surface area contributed by atoms with Crippen LogP contribution in [0.5, 0.6) is 5.75 Å². The molecule has 0 unspecified atom stereocenters. The maximum absolute atomic E-state index is 16.6. The minimum Gasteiger partial charge on any atom is -0.465 e. The smallest absolute Gasteiger partial charge is 0.355 e. The number of nitrogens with zero attached hydrogens (tertiary/aromatic N) is 4. The summed E-state index contributed by atoms with van der Waals surface area (Å²) >= 11 is 1.19. The molecule has 2 aromatic heterocycles. The van der Waals surface area contributed by atoms with Crippen LogP contribution >= 0.6 is 18.9 Å². The second kappa shape index (κ2) is 16.8. The van der Waals surface area contributed by atoms with Crippen molar-refractivity contribution < 1.29 is 37.4 Å². The first kappa shape index (κ1) is 42.2. The van der Waals surface area contributed by atoms with Crippen LogP contribution in [-0.2, 0) is 23.7 Å². The lowest BCUT2D eigenvalue weighted by molar-refractivity contribution is -0.148. The fraction of sp³-hybridized carbons (Fsp3) is 0.478. The molecule has 9 rings (SSSR count). The summed E-state index contributed by atoms with van der Waals surface area (Å²) in [5.41, 5.74) is 0.409. The maximum Gasteiger partial charge on any atom is 0.355 e. The number of hydrogen-bond acceptors (Lipinski definition) is 10. The molecule has 0 bridgehead atoms. The third-order valence-electron chi connectivity index (χ3n) is 13.5. The first-order valence-electron chi connectivity index (χ1n) is 21.6. The summed E-state index contributed by atoms with van der Waals surface area (Å²) in [6, 6.07) is 18.0. The number of fused-ring (bicyclic) bond motifs is 3. The third kappa shape index (κ3) is 7.90. The number of halogens is 1. The molecule has 324 valence electrons. The lowest BCUT2D eigenvalue weighted by Crippen LogP contribution is -2.58. The van der Waals surface area contributed by atoms with Gasteiger partial charge in [-0.2, -0.15) is 5.26 Å². The Morgan fingerprint density at radius 2 is 1.85 bits per heavy atom. The van der Waals surface area contributed by atoms with Gasteiger partial charge in [-0.25, -0.2) is 9.48 Å². The van der Waals surface area contributed by atoms with E-state index >= 15 is 4.39 Å². The van der Waals surface area contributed by atoms with Crippen molar-refractivity contribution in [3.63, 3.8) is 0 Å². The summed E-state index contributed by atoms with van der Waals surface area (Å²) < 4.78 is 42.6. The van der Waals surface area contributed by atoms with Gasteiger partial charge < -0.3 is 24.4 Å². The van der Waals surface area contributed by atoms with Gasteiger partial charge >= 0.3 is 13.5 Å². The van der Waals surface area contributed by atoms with Gasteiger partial charge in [-0.05, 0) is 123 Å². The van der Waals surface area contributed by atoms with E-state index in [-0.39, 0.29) is 47.6 Å². The second-order valence-electron chi connectivity index (χ2n) is 17.6. The molecule has 5 heterocycles. The number of para-hydroxylation sites is 1. The molecule has 2 N–H and O–H groups in total. The number of nitriles is 1. The number of carbonyl (C=O) groups is 4. The fourth-order valence-corrected chi connectivity index (χ4v) is 13.0. The highest BCUT2D eigenvalue weighted by Crippen LogP contribution is 2.59. The summed E-state index contributed by atoms with van der Waals surface area (Å²) in [7, 11) is -4.46. The molecule has 3 amide bonds. The normalized spacial score (nSPS) is 27.8. The van der Waals surface area contributed by atoms with Crippen LogP contribution in [0.3, 0.4) is 0 Å². The highest BCUT2D eigenvalue weighted by atomic mass is 32.1. The van der Waals surface area contributed by atoms with Crippen molar-refractivity contribution in [1.82, 2.24) is 25.2 Å². The van der Waals surface area contributed by atoms with Gasteiger partial charge in [-0.3, -0.25) is 28.7 Å². The number of rotatable bonds is 13. The van der Waals surface area contributed by atoms with E-state index in [0.717, 1.165) is 31.2 Å². The summed E-state index contributed by atoms with van der Waals surface area (Å²) in [6.07, 6.45) is 9.05. The maximum atomic E-state index is 16.6. The number of pyridine rings is 1. The molecule has 4 aromatic rings. The monoisotopic (exact) mass is 880 g/mol. The second-order valence-corrected chi connectivity index (χ2v) is 20.7. The van der Waals surface area contributed by atoms with E-state index < -0.39 is 49.0 Å². The van der Waals surface area contributed by atoms with E-state index in [9.17, 15) is 29.0 Å². The Bertz CT molecular complexity index is 2460. The van der Waals surface area contributed by atoms with Crippen LogP contribution in [0.4, 0.5) is 4.39 Å². The Labute approximate surface area is 363 Å². The van der Waals surface area contributed by atoms with Crippen molar-refractivity contribution in [2.45, 2.75) is 107 Å². The number of esters is 1. The third-order valence-corrected chi connectivity index (χ3v) is 16.7. The standard InChI is InChI=1S/C46H50FN6O7PS/c1-3-18-59-45(57)27(2)51-61(58,60-34-9-5-4-6-10-34)41(47)28-11-14-39-32(19-28)23-40(62-39)42(54)50-37-22-31-20-30(31)21-33-12-13-38(53(33)43(37)55)44(56)52-26-35(29-8-7-17-49-25-29)36(24-48)46(52)15-16-46/h4-11,14,17,19,23,25,27,30-31,33,35-38,41H,3,12-13,15-16,18,20-22,26H2,1-2H3,(H,50,54)(H,51,58)/t27-,30+,31-,33+,35-,36-,37-,38-,41+,61-/m0/s1. The van der Waals surface area contributed by atoms with Gasteiger partial charge in [0.25, 0.3) is 5.91 Å². The van der Waals surface area contributed by atoms with Crippen LogP contribution in [0.25, 0.3) is 10.1 Å². The molecule has 16 heteroatoms. The first-order chi connectivity index (χ1) is 29.9. The molecule has 5 aliphatic rings. The van der Waals surface area contributed by atoms with Crippen LogP contribution in [0.1, 0.15) is 97.8 Å². The van der Waals surface area contributed by atoms with E-state index in [0.29, 0.717) is 59.0 Å². The van der Waals surface area contributed by atoms with Crippen molar-refractivity contribution in [2.24, 2.45) is 17.8 Å². The molecule has 2 aromatic carbocycles. The minimum atomic E-state index is -4.46. The Morgan fingerprint density at radius 1 is 1.06 bits per heavy atom. The van der Waals surface area contributed by atoms with Gasteiger partial charge in [0.2, 0.25) is 17.7 Å². The summed E-state index contributed by atoms with van der Waals surface area (Å²) in [5, 5.41) is 16.5. The number of aromatic nitrogens is 1. The van der Waals surface area contributed by atoms with Crippen LogP contribution in [0, 0.1) is 29.1 Å². The number of alkyl halides is 1. The Balaban J connectivity index is 0.931. The fourth-order valence-electron chi connectivity index (χ4n) is 10.1. The number of nitrogens with one attached hydrogen (secondary N) is 2.